The summed E-state index contributed by atoms with van der Waals surface area (Å²) in [7, 11) is 0. The van der Waals surface area contributed by atoms with Gasteiger partial charge in [-0.2, -0.15) is 11.8 Å². The summed E-state index contributed by atoms with van der Waals surface area (Å²) in [6.07, 6.45) is 3.27. The van der Waals surface area contributed by atoms with Crippen molar-refractivity contribution in [3.63, 3.8) is 0 Å². The second-order valence-corrected chi connectivity index (χ2v) is 5.03. The molecule has 0 amide bonds. The van der Waals surface area contributed by atoms with Crippen LogP contribution in [0.1, 0.15) is 26.1 Å². The minimum Gasteiger partial charge on any atom is -0.370 e. The van der Waals surface area contributed by atoms with Gasteiger partial charge in [-0.1, -0.05) is 0 Å². The van der Waals surface area contributed by atoms with Crippen LogP contribution in [0.5, 0.6) is 0 Å². The molecule has 1 aromatic rings. The van der Waals surface area contributed by atoms with Gasteiger partial charge in [-0.3, -0.25) is 0 Å². The highest BCUT2D eigenvalue weighted by atomic mass is 32.2. The summed E-state index contributed by atoms with van der Waals surface area (Å²) in [5.41, 5.74) is 0. The van der Waals surface area contributed by atoms with Crippen LogP contribution < -0.4 is 10.6 Å². The third-order valence-electron chi connectivity index (χ3n) is 2.35. The smallest absolute Gasteiger partial charge is 0.132 e. The maximum atomic E-state index is 4.40. The molecule has 2 N–H and O–H groups in total. The second kappa shape index (κ2) is 7.37. The fraction of sp³-hybridized carbons (Fsp3) is 0.667. The molecule has 5 heteroatoms. The Morgan fingerprint density at radius 1 is 1.35 bits per heavy atom. The normalized spacial score (nSPS) is 12.2. The predicted octanol–water partition coefficient (Wildman–Crippen LogP) is 2.77. The number of nitrogens with one attached hydrogen (secondary N) is 2. The summed E-state index contributed by atoms with van der Waals surface area (Å²) >= 11 is 1.87. The lowest BCUT2D eigenvalue weighted by Crippen LogP contribution is -2.17. The Kier molecular flexibility index (Phi) is 6.11. The first-order chi connectivity index (χ1) is 8.15. The van der Waals surface area contributed by atoms with Gasteiger partial charge in [0.25, 0.3) is 0 Å². The third-order valence-corrected chi connectivity index (χ3v) is 2.99. The Bertz CT molecular complexity index is 343. The molecule has 0 saturated heterocycles. The summed E-state index contributed by atoms with van der Waals surface area (Å²) in [5, 5.41) is 6.62. The number of rotatable bonds is 7. The van der Waals surface area contributed by atoms with Gasteiger partial charge in [0.1, 0.15) is 17.5 Å². The zero-order valence-electron chi connectivity index (χ0n) is 11.1. The van der Waals surface area contributed by atoms with Crippen molar-refractivity contribution in [2.75, 3.05) is 29.2 Å². The van der Waals surface area contributed by atoms with Crippen LogP contribution in [-0.4, -0.2) is 34.6 Å². The predicted molar refractivity (Wildman–Crippen MR) is 77.0 cm³/mol. The van der Waals surface area contributed by atoms with E-state index in [-0.39, 0.29) is 0 Å². The number of aryl methyl sites for hydroxylation is 1. The van der Waals surface area contributed by atoms with Gasteiger partial charge in [0.2, 0.25) is 0 Å². The van der Waals surface area contributed by atoms with Crippen molar-refractivity contribution in [3.8, 4) is 0 Å². The third kappa shape index (κ3) is 5.26. The Balaban J connectivity index is 2.63. The zero-order valence-corrected chi connectivity index (χ0v) is 11.9. The molecule has 96 valence electrons. The van der Waals surface area contributed by atoms with E-state index in [2.05, 4.69) is 40.7 Å². The topological polar surface area (TPSA) is 49.8 Å². The lowest BCUT2D eigenvalue weighted by molar-refractivity contribution is 0.765. The highest BCUT2D eigenvalue weighted by Crippen LogP contribution is 2.13. The van der Waals surface area contributed by atoms with Crippen molar-refractivity contribution in [3.05, 3.63) is 11.9 Å². The molecule has 0 aliphatic heterocycles. The van der Waals surface area contributed by atoms with Crippen LogP contribution in [0.4, 0.5) is 11.6 Å². The molecule has 17 heavy (non-hydrogen) atoms. The Labute approximate surface area is 108 Å². The lowest BCUT2D eigenvalue weighted by Gasteiger charge is -2.15. The van der Waals surface area contributed by atoms with Crippen molar-refractivity contribution < 1.29 is 0 Å². The average molecular weight is 254 g/mol. The van der Waals surface area contributed by atoms with Gasteiger partial charge in [-0.15, -0.1) is 0 Å². The van der Waals surface area contributed by atoms with Crippen molar-refractivity contribution >= 4 is 23.4 Å². The van der Waals surface area contributed by atoms with Crippen molar-refractivity contribution in [1.82, 2.24) is 9.97 Å². The van der Waals surface area contributed by atoms with E-state index in [0.29, 0.717) is 6.04 Å². The Hall–Kier alpha value is -0.970. The molecule has 1 atom stereocenters. The first kappa shape index (κ1) is 14.1. The molecule has 4 nitrogen and oxygen atoms in total. The summed E-state index contributed by atoms with van der Waals surface area (Å²) in [6.45, 7) is 7.03. The molecule has 0 spiro atoms. The highest BCUT2D eigenvalue weighted by Gasteiger charge is 2.05. The van der Waals surface area contributed by atoms with E-state index in [1.807, 2.05) is 24.8 Å². The van der Waals surface area contributed by atoms with Gasteiger partial charge in [-0.05, 0) is 39.2 Å². The molecular formula is C12H22N4S. The molecule has 1 unspecified atom stereocenters. The van der Waals surface area contributed by atoms with Gasteiger partial charge in [-0.25, -0.2) is 9.97 Å². The molecule has 0 saturated carbocycles. The van der Waals surface area contributed by atoms with Gasteiger partial charge in [0, 0.05) is 18.7 Å². The number of hydrogen-bond donors (Lipinski definition) is 2. The molecule has 0 aliphatic carbocycles. The summed E-state index contributed by atoms with van der Waals surface area (Å²) in [5.74, 6) is 3.75. The van der Waals surface area contributed by atoms with E-state index in [1.165, 1.54) is 0 Å². The van der Waals surface area contributed by atoms with Crippen LogP contribution in [0, 0.1) is 6.92 Å². The maximum Gasteiger partial charge on any atom is 0.132 e. The summed E-state index contributed by atoms with van der Waals surface area (Å²) in [4.78, 5) is 8.72. The zero-order chi connectivity index (χ0) is 12.7. The SMILES string of the molecule is CCNc1cc(NC(C)CCSC)nc(C)n1. The first-order valence-corrected chi connectivity index (χ1v) is 7.40. The molecule has 1 rings (SSSR count). The average Bonchev–Trinajstić information content (AvgIpc) is 2.26. The highest BCUT2D eigenvalue weighted by molar-refractivity contribution is 7.98. The first-order valence-electron chi connectivity index (χ1n) is 6.00. The fourth-order valence-corrected chi connectivity index (χ4v) is 2.12. The van der Waals surface area contributed by atoms with E-state index >= 15 is 0 Å². The molecule has 0 bridgehead atoms. The van der Waals surface area contributed by atoms with Crippen LogP contribution in [-0.2, 0) is 0 Å². The lowest BCUT2D eigenvalue weighted by atomic mass is 10.2. The maximum absolute atomic E-state index is 4.40. The monoisotopic (exact) mass is 254 g/mol. The van der Waals surface area contributed by atoms with E-state index in [1.54, 1.807) is 0 Å². The Morgan fingerprint density at radius 3 is 2.71 bits per heavy atom. The van der Waals surface area contributed by atoms with Crippen LogP contribution in [0.3, 0.4) is 0 Å². The number of hydrogen-bond acceptors (Lipinski definition) is 5. The van der Waals surface area contributed by atoms with Gasteiger partial charge < -0.3 is 10.6 Å². The summed E-state index contributed by atoms with van der Waals surface area (Å²) < 4.78 is 0. The number of anilines is 2. The standard InChI is InChI=1S/C12H22N4S/c1-5-13-11-8-12(16-10(3)15-11)14-9(2)6-7-17-4/h8-9H,5-7H2,1-4H3,(H2,13,14,15,16). The van der Waals surface area contributed by atoms with Gasteiger partial charge >= 0.3 is 0 Å². The molecule has 1 aromatic heterocycles. The summed E-state index contributed by atoms with van der Waals surface area (Å²) in [6, 6.07) is 2.40. The molecule has 0 fully saturated rings. The van der Waals surface area contributed by atoms with Crippen LogP contribution in [0.2, 0.25) is 0 Å². The van der Waals surface area contributed by atoms with E-state index in [9.17, 15) is 0 Å². The molecular weight excluding hydrogens is 232 g/mol. The minimum absolute atomic E-state index is 0.436. The fourth-order valence-electron chi connectivity index (χ4n) is 1.53. The molecule has 0 aliphatic rings. The molecule has 0 radical (unpaired) electrons. The van der Waals surface area contributed by atoms with Gasteiger partial charge in [0.15, 0.2) is 0 Å². The number of aromatic nitrogens is 2. The largest absolute Gasteiger partial charge is 0.370 e. The number of thioether (sulfide) groups is 1. The second-order valence-electron chi connectivity index (χ2n) is 4.04. The Morgan fingerprint density at radius 2 is 2.06 bits per heavy atom. The van der Waals surface area contributed by atoms with E-state index in [0.717, 1.165) is 36.2 Å². The molecule has 1 heterocycles. The van der Waals surface area contributed by atoms with Crippen LogP contribution in [0.15, 0.2) is 6.07 Å². The van der Waals surface area contributed by atoms with Crippen molar-refractivity contribution in [2.45, 2.75) is 33.2 Å². The number of nitrogens with zero attached hydrogens (tertiary/aromatic N) is 2. The van der Waals surface area contributed by atoms with E-state index in [4.69, 9.17) is 0 Å². The van der Waals surface area contributed by atoms with Crippen LogP contribution in [0.25, 0.3) is 0 Å². The van der Waals surface area contributed by atoms with Crippen LogP contribution >= 0.6 is 11.8 Å². The molecule has 0 aromatic carbocycles. The van der Waals surface area contributed by atoms with Crippen molar-refractivity contribution in [2.24, 2.45) is 0 Å². The van der Waals surface area contributed by atoms with Crippen molar-refractivity contribution in [1.29, 1.82) is 0 Å². The van der Waals surface area contributed by atoms with Gasteiger partial charge in [0.05, 0.1) is 0 Å². The minimum atomic E-state index is 0.436. The quantitative estimate of drug-likeness (QED) is 0.783. The van der Waals surface area contributed by atoms with E-state index < -0.39 is 0 Å².